The Morgan fingerprint density at radius 1 is 1.24 bits per heavy atom. The summed E-state index contributed by atoms with van der Waals surface area (Å²) in [6.07, 6.45) is 0.766. The van der Waals surface area contributed by atoms with Crippen LogP contribution >= 0.6 is 0 Å². The van der Waals surface area contributed by atoms with Crippen LogP contribution in [0.25, 0.3) is 0 Å². The van der Waals surface area contributed by atoms with E-state index in [-0.39, 0.29) is 31.3 Å². The van der Waals surface area contributed by atoms with Crippen molar-refractivity contribution in [2.45, 2.75) is 26.2 Å². The number of anilines is 1. The lowest BCUT2D eigenvalue weighted by molar-refractivity contribution is -0.143. The summed E-state index contributed by atoms with van der Waals surface area (Å²) in [5.74, 6) is 4.37. The standard InChI is InChI=1S/C18H22N2O5/c1-3-25-17(22)8-4-7-16(21)20-14-9-10-15(18(23)24-2)13(12-14)6-5-11-19/h9-10,12H,3-4,7-8,11,19H2,1-2H3,(H,20,21). The summed E-state index contributed by atoms with van der Waals surface area (Å²) < 4.78 is 9.51. The zero-order valence-electron chi connectivity index (χ0n) is 14.4. The Hall–Kier alpha value is -2.85. The van der Waals surface area contributed by atoms with Gasteiger partial charge >= 0.3 is 11.9 Å². The molecule has 0 saturated heterocycles. The molecule has 0 aliphatic carbocycles. The first-order valence-corrected chi connectivity index (χ1v) is 7.88. The topological polar surface area (TPSA) is 108 Å². The lowest BCUT2D eigenvalue weighted by Gasteiger charge is -2.08. The van der Waals surface area contributed by atoms with Gasteiger partial charge in [-0.2, -0.15) is 0 Å². The third-order valence-corrected chi connectivity index (χ3v) is 3.12. The Morgan fingerprint density at radius 3 is 2.64 bits per heavy atom. The van der Waals surface area contributed by atoms with Crippen molar-refractivity contribution in [3.8, 4) is 11.8 Å². The molecule has 0 spiro atoms. The second-order valence-electron chi connectivity index (χ2n) is 4.96. The fourth-order valence-corrected chi connectivity index (χ4v) is 2.01. The molecule has 1 aromatic carbocycles. The molecule has 0 unspecified atom stereocenters. The highest BCUT2D eigenvalue weighted by atomic mass is 16.5. The molecule has 0 fully saturated rings. The number of hydrogen-bond donors (Lipinski definition) is 2. The van der Waals surface area contributed by atoms with E-state index >= 15 is 0 Å². The van der Waals surface area contributed by atoms with Crippen molar-refractivity contribution < 1.29 is 23.9 Å². The van der Waals surface area contributed by atoms with Gasteiger partial charge in [-0.3, -0.25) is 9.59 Å². The number of ether oxygens (including phenoxy) is 2. The molecule has 0 atom stereocenters. The average Bonchev–Trinajstić information content (AvgIpc) is 2.59. The normalized spacial score (nSPS) is 9.56. The number of esters is 2. The Labute approximate surface area is 146 Å². The van der Waals surface area contributed by atoms with Gasteiger partial charge in [-0.25, -0.2) is 4.79 Å². The predicted molar refractivity (Wildman–Crippen MR) is 92.8 cm³/mol. The van der Waals surface area contributed by atoms with Gasteiger partial charge in [0.25, 0.3) is 0 Å². The fourth-order valence-electron chi connectivity index (χ4n) is 2.01. The van der Waals surface area contributed by atoms with E-state index in [0.717, 1.165) is 0 Å². The predicted octanol–water partition coefficient (Wildman–Crippen LogP) is 1.46. The van der Waals surface area contributed by atoms with Gasteiger partial charge in [-0.05, 0) is 31.5 Å². The Morgan fingerprint density at radius 2 is 2.00 bits per heavy atom. The molecule has 0 aliphatic rings. The van der Waals surface area contributed by atoms with Crippen LogP contribution in [0.5, 0.6) is 0 Å². The van der Waals surface area contributed by atoms with Crippen molar-refractivity contribution in [3.63, 3.8) is 0 Å². The van der Waals surface area contributed by atoms with E-state index < -0.39 is 5.97 Å². The van der Waals surface area contributed by atoms with Gasteiger partial charge in [0.1, 0.15) is 0 Å². The Balaban J connectivity index is 2.73. The quantitative estimate of drug-likeness (QED) is 0.571. The van der Waals surface area contributed by atoms with Gasteiger partial charge in [0, 0.05) is 24.1 Å². The van der Waals surface area contributed by atoms with Crippen molar-refractivity contribution >= 4 is 23.5 Å². The van der Waals surface area contributed by atoms with E-state index in [1.807, 2.05) is 0 Å². The molecule has 3 N–H and O–H groups in total. The molecule has 7 nitrogen and oxygen atoms in total. The van der Waals surface area contributed by atoms with E-state index in [2.05, 4.69) is 17.2 Å². The molecule has 0 radical (unpaired) electrons. The summed E-state index contributed by atoms with van der Waals surface area (Å²) in [6.45, 7) is 2.20. The molecular weight excluding hydrogens is 324 g/mol. The van der Waals surface area contributed by atoms with Gasteiger partial charge in [-0.15, -0.1) is 0 Å². The van der Waals surface area contributed by atoms with Crippen LogP contribution in [0.4, 0.5) is 5.69 Å². The van der Waals surface area contributed by atoms with E-state index in [4.69, 9.17) is 15.2 Å². The molecule has 0 aliphatic heterocycles. The molecule has 134 valence electrons. The number of rotatable bonds is 7. The SMILES string of the molecule is CCOC(=O)CCCC(=O)Nc1ccc(C(=O)OC)c(C#CCN)c1. The highest BCUT2D eigenvalue weighted by Crippen LogP contribution is 2.17. The van der Waals surface area contributed by atoms with Crippen LogP contribution in [-0.2, 0) is 19.1 Å². The maximum atomic E-state index is 11.9. The summed E-state index contributed by atoms with van der Waals surface area (Å²) >= 11 is 0. The highest BCUT2D eigenvalue weighted by molar-refractivity contribution is 5.95. The first-order valence-electron chi connectivity index (χ1n) is 7.88. The first-order chi connectivity index (χ1) is 12.0. The molecule has 7 heteroatoms. The molecule has 1 rings (SSSR count). The minimum Gasteiger partial charge on any atom is -0.466 e. The molecular formula is C18H22N2O5. The molecule has 1 aromatic rings. The van der Waals surface area contributed by atoms with Crippen molar-refractivity contribution in [2.24, 2.45) is 5.73 Å². The summed E-state index contributed by atoms with van der Waals surface area (Å²) in [4.78, 5) is 34.9. The molecule has 0 bridgehead atoms. The lowest BCUT2D eigenvalue weighted by Crippen LogP contribution is -2.13. The summed E-state index contributed by atoms with van der Waals surface area (Å²) in [7, 11) is 1.28. The second kappa shape index (κ2) is 10.8. The number of hydrogen-bond acceptors (Lipinski definition) is 6. The van der Waals surface area contributed by atoms with Gasteiger partial charge in [-0.1, -0.05) is 11.8 Å². The largest absolute Gasteiger partial charge is 0.466 e. The van der Waals surface area contributed by atoms with E-state index in [1.54, 1.807) is 19.1 Å². The number of nitrogens with one attached hydrogen (secondary N) is 1. The number of carbonyl (C=O) groups excluding carboxylic acids is 3. The van der Waals surface area contributed by atoms with Gasteiger partial charge in [0.05, 0.1) is 25.8 Å². The number of amides is 1. The van der Waals surface area contributed by atoms with Crippen LogP contribution in [0.1, 0.15) is 42.1 Å². The third-order valence-electron chi connectivity index (χ3n) is 3.12. The maximum Gasteiger partial charge on any atom is 0.339 e. The van der Waals surface area contributed by atoms with Crippen molar-refractivity contribution in [3.05, 3.63) is 29.3 Å². The zero-order chi connectivity index (χ0) is 18.7. The van der Waals surface area contributed by atoms with Crippen LogP contribution in [0.15, 0.2) is 18.2 Å². The van der Waals surface area contributed by atoms with Crippen molar-refractivity contribution in [2.75, 3.05) is 25.6 Å². The van der Waals surface area contributed by atoms with Gasteiger partial charge < -0.3 is 20.5 Å². The van der Waals surface area contributed by atoms with E-state index in [9.17, 15) is 14.4 Å². The minimum absolute atomic E-state index is 0.144. The maximum absolute atomic E-state index is 11.9. The molecule has 25 heavy (non-hydrogen) atoms. The molecule has 0 saturated carbocycles. The van der Waals surface area contributed by atoms with Gasteiger partial charge in [0.2, 0.25) is 5.91 Å². The average molecular weight is 346 g/mol. The second-order valence-corrected chi connectivity index (χ2v) is 4.96. The van der Waals surface area contributed by atoms with Gasteiger partial charge in [0.15, 0.2) is 0 Å². The number of carbonyl (C=O) groups is 3. The summed E-state index contributed by atoms with van der Waals surface area (Å²) in [5.41, 5.74) is 6.57. The molecule has 0 heterocycles. The monoisotopic (exact) mass is 346 g/mol. The Kier molecular flexibility index (Phi) is 8.75. The Bertz CT molecular complexity index is 688. The summed E-state index contributed by atoms with van der Waals surface area (Å²) in [5, 5.41) is 2.71. The fraction of sp³-hybridized carbons (Fsp3) is 0.389. The molecule has 1 amide bonds. The van der Waals surface area contributed by atoms with Crippen molar-refractivity contribution in [1.29, 1.82) is 0 Å². The van der Waals surface area contributed by atoms with Crippen LogP contribution in [0.2, 0.25) is 0 Å². The van der Waals surface area contributed by atoms with Crippen LogP contribution < -0.4 is 11.1 Å². The zero-order valence-corrected chi connectivity index (χ0v) is 14.4. The number of benzene rings is 1. The third kappa shape index (κ3) is 7.06. The number of nitrogens with two attached hydrogens (primary N) is 1. The molecule has 0 aromatic heterocycles. The van der Waals surface area contributed by atoms with E-state index in [0.29, 0.717) is 29.8 Å². The first kappa shape index (κ1) is 20.2. The van der Waals surface area contributed by atoms with Crippen LogP contribution in [0, 0.1) is 11.8 Å². The summed E-state index contributed by atoms with van der Waals surface area (Å²) in [6, 6.07) is 4.70. The van der Waals surface area contributed by atoms with E-state index in [1.165, 1.54) is 13.2 Å². The van der Waals surface area contributed by atoms with Crippen LogP contribution in [0.3, 0.4) is 0 Å². The smallest absolute Gasteiger partial charge is 0.339 e. The lowest BCUT2D eigenvalue weighted by atomic mass is 10.1. The number of methoxy groups -OCH3 is 1. The highest BCUT2D eigenvalue weighted by Gasteiger charge is 2.12. The van der Waals surface area contributed by atoms with Crippen LogP contribution in [-0.4, -0.2) is 38.1 Å². The van der Waals surface area contributed by atoms with Crippen molar-refractivity contribution in [1.82, 2.24) is 0 Å². The minimum atomic E-state index is -0.520.